The molecule has 0 aromatic heterocycles. The zero-order valence-corrected chi connectivity index (χ0v) is 11.7. The Morgan fingerprint density at radius 2 is 2.24 bits per heavy atom. The first-order valence-electron chi connectivity index (χ1n) is 5.60. The average molecular weight is 281 g/mol. The maximum atomic E-state index is 11.9. The fourth-order valence-corrected chi connectivity index (χ4v) is 3.88. The van der Waals surface area contributed by atoms with Crippen LogP contribution in [-0.2, 0) is 19.4 Å². The lowest BCUT2D eigenvalue weighted by Crippen LogP contribution is -2.43. The molecule has 100 valence electrons. The molecule has 7 heteroatoms. The maximum absolute atomic E-state index is 11.9. The van der Waals surface area contributed by atoms with E-state index in [4.69, 9.17) is 4.74 Å². The molecule has 5 nitrogen and oxygen atoms in total. The fraction of sp³-hybridized carbons (Fsp3) is 0.900. The van der Waals surface area contributed by atoms with Gasteiger partial charge in [-0.2, -0.15) is 12.6 Å². The lowest BCUT2D eigenvalue weighted by Gasteiger charge is -2.27. The topological polar surface area (TPSA) is 63.7 Å². The Labute approximate surface area is 108 Å². The second-order valence-electron chi connectivity index (χ2n) is 4.11. The van der Waals surface area contributed by atoms with Crippen molar-refractivity contribution >= 4 is 28.4 Å². The number of ether oxygens (including phenoxy) is 1. The van der Waals surface area contributed by atoms with Crippen molar-refractivity contribution in [3.8, 4) is 0 Å². The van der Waals surface area contributed by atoms with Gasteiger partial charge in [0.15, 0.2) is 9.84 Å². The van der Waals surface area contributed by atoms with Crippen molar-refractivity contribution in [2.45, 2.75) is 18.9 Å². The fourth-order valence-electron chi connectivity index (χ4n) is 1.96. The number of hydrogen-bond donors (Lipinski definition) is 1. The highest BCUT2D eigenvalue weighted by atomic mass is 32.2. The van der Waals surface area contributed by atoms with Crippen LogP contribution in [0, 0.1) is 0 Å². The van der Waals surface area contributed by atoms with Gasteiger partial charge < -0.3 is 9.64 Å². The number of rotatable bonds is 6. The zero-order chi connectivity index (χ0) is 12.9. The van der Waals surface area contributed by atoms with E-state index in [2.05, 4.69) is 12.6 Å². The smallest absolute Gasteiger partial charge is 0.223 e. The van der Waals surface area contributed by atoms with Crippen LogP contribution in [0.25, 0.3) is 0 Å². The van der Waals surface area contributed by atoms with Crippen molar-refractivity contribution in [3.05, 3.63) is 0 Å². The lowest BCUT2D eigenvalue weighted by atomic mass is 10.2. The summed E-state index contributed by atoms with van der Waals surface area (Å²) in [6.07, 6.45) is 0.869. The van der Waals surface area contributed by atoms with Crippen LogP contribution in [0.4, 0.5) is 0 Å². The SMILES string of the molecule is COCCN(C(=O)CCS)C1CCS(=O)(=O)C1. The molecule has 0 N–H and O–H groups in total. The van der Waals surface area contributed by atoms with E-state index in [0.29, 0.717) is 31.7 Å². The summed E-state index contributed by atoms with van der Waals surface area (Å²) < 4.78 is 27.8. The summed E-state index contributed by atoms with van der Waals surface area (Å²) >= 11 is 4.03. The number of carbonyl (C=O) groups excluding carboxylic acids is 1. The normalized spacial score (nSPS) is 22.6. The van der Waals surface area contributed by atoms with Gasteiger partial charge in [0.25, 0.3) is 0 Å². The van der Waals surface area contributed by atoms with Gasteiger partial charge >= 0.3 is 0 Å². The van der Waals surface area contributed by atoms with Gasteiger partial charge in [0.05, 0.1) is 18.1 Å². The number of hydrogen-bond acceptors (Lipinski definition) is 5. The van der Waals surface area contributed by atoms with E-state index in [0.717, 1.165) is 0 Å². The second kappa shape index (κ2) is 6.61. The van der Waals surface area contributed by atoms with Crippen LogP contribution in [0.2, 0.25) is 0 Å². The summed E-state index contributed by atoms with van der Waals surface area (Å²) in [7, 11) is -1.41. The van der Waals surface area contributed by atoms with Crippen LogP contribution < -0.4 is 0 Å². The molecule has 1 heterocycles. The summed E-state index contributed by atoms with van der Waals surface area (Å²) in [6, 6.07) is -0.192. The minimum absolute atomic E-state index is 0.0425. The van der Waals surface area contributed by atoms with Gasteiger partial charge in [-0.25, -0.2) is 8.42 Å². The molecule has 0 bridgehead atoms. The Morgan fingerprint density at radius 1 is 1.53 bits per heavy atom. The highest BCUT2D eigenvalue weighted by molar-refractivity contribution is 7.91. The number of sulfone groups is 1. The van der Waals surface area contributed by atoms with E-state index < -0.39 is 9.84 Å². The van der Waals surface area contributed by atoms with E-state index >= 15 is 0 Å². The van der Waals surface area contributed by atoms with Gasteiger partial charge in [-0.15, -0.1) is 0 Å². The van der Waals surface area contributed by atoms with Gasteiger partial charge in [-0.1, -0.05) is 0 Å². The molecule has 1 unspecified atom stereocenters. The minimum atomic E-state index is -2.97. The zero-order valence-electron chi connectivity index (χ0n) is 9.96. The van der Waals surface area contributed by atoms with Gasteiger partial charge in [0.1, 0.15) is 0 Å². The van der Waals surface area contributed by atoms with Crippen LogP contribution in [0.1, 0.15) is 12.8 Å². The molecule has 0 aromatic rings. The molecule has 1 fully saturated rings. The van der Waals surface area contributed by atoms with Crippen molar-refractivity contribution in [1.82, 2.24) is 4.90 Å². The third kappa shape index (κ3) is 4.48. The Kier molecular flexibility index (Phi) is 5.75. The molecular weight excluding hydrogens is 262 g/mol. The highest BCUT2D eigenvalue weighted by Gasteiger charge is 2.33. The van der Waals surface area contributed by atoms with Gasteiger partial charge in [0, 0.05) is 26.1 Å². The Bertz CT molecular complexity index is 355. The molecule has 0 spiro atoms. The van der Waals surface area contributed by atoms with Gasteiger partial charge in [-0.3, -0.25) is 4.79 Å². The van der Waals surface area contributed by atoms with Gasteiger partial charge in [0.2, 0.25) is 5.91 Å². The quantitative estimate of drug-likeness (QED) is 0.694. The lowest BCUT2D eigenvalue weighted by molar-refractivity contribution is -0.133. The molecule has 1 saturated heterocycles. The molecule has 17 heavy (non-hydrogen) atoms. The highest BCUT2D eigenvalue weighted by Crippen LogP contribution is 2.18. The molecule has 0 aromatic carbocycles. The Balaban J connectivity index is 2.66. The van der Waals surface area contributed by atoms with Crippen molar-refractivity contribution in [3.63, 3.8) is 0 Å². The number of nitrogens with zero attached hydrogens (tertiary/aromatic N) is 1. The summed E-state index contributed by atoms with van der Waals surface area (Å²) in [6.45, 7) is 0.873. The number of methoxy groups -OCH3 is 1. The predicted molar refractivity (Wildman–Crippen MR) is 69.1 cm³/mol. The Hall–Kier alpha value is -0.270. The van der Waals surface area contributed by atoms with Crippen LogP contribution in [-0.4, -0.2) is 62.8 Å². The van der Waals surface area contributed by atoms with Crippen molar-refractivity contribution in [2.24, 2.45) is 0 Å². The maximum Gasteiger partial charge on any atom is 0.223 e. The molecule has 1 amide bonds. The van der Waals surface area contributed by atoms with E-state index in [1.54, 1.807) is 12.0 Å². The molecule has 0 aliphatic carbocycles. The summed E-state index contributed by atoms with van der Waals surface area (Å²) in [5, 5.41) is 0. The summed E-state index contributed by atoms with van der Waals surface area (Å²) in [4.78, 5) is 13.5. The third-order valence-corrected chi connectivity index (χ3v) is 4.81. The summed E-state index contributed by atoms with van der Waals surface area (Å²) in [5.41, 5.74) is 0. The van der Waals surface area contributed by atoms with Crippen LogP contribution >= 0.6 is 12.6 Å². The van der Waals surface area contributed by atoms with Crippen LogP contribution in [0.15, 0.2) is 0 Å². The first-order valence-corrected chi connectivity index (χ1v) is 8.05. The molecule has 0 saturated carbocycles. The van der Waals surface area contributed by atoms with Crippen LogP contribution in [0.3, 0.4) is 0 Å². The number of amides is 1. The molecule has 1 atom stereocenters. The van der Waals surface area contributed by atoms with Crippen molar-refractivity contribution in [2.75, 3.05) is 37.5 Å². The minimum Gasteiger partial charge on any atom is -0.383 e. The second-order valence-corrected chi connectivity index (χ2v) is 6.79. The molecular formula is C10H19NO4S2. The van der Waals surface area contributed by atoms with Gasteiger partial charge in [-0.05, 0) is 12.2 Å². The standard InChI is InChI=1S/C10H19NO4S2/c1-15-5-4-11(10(12)2-6-16)9-3-7-17(13,14)8-9/h9,16H,2-8H2,1H3. The average Bonchev–Trinajstić information content (AvgIpc) is 2.60. The first kappa shape index (κ1) is 14.8. The van der Waals surface area contributed by atoms with E-state index in [1.165, 1.54) is 0 Å². The number of thiol groups is 1. The molecule has 1 aliphatic rings. The van der Waals surface area contributed by atoms with Crippen molar-refractivity contribution in [1.29, 1.82) is 0 Å². The molecule has 1 rings (SSSR count). The number of carbonyl (C=O) groups is 1. The monoisotopic (exact) mass is 281 g/mol. The van der Waals surface area contributed by atoms with E-state index in [9.17, 15) is 13.2 Å². The van der Waals surface area contributed by atoms with E-state index in [-0.39, 0.29) is 23.5 Å². The summed E-state index contributed by atoms with van der Waals surface area (Å²) in [5.74, 6) is 0.686. The predicted octanol–water partition coefficient (Wildman–Crippen LogP) is -0.0316. The molecule has 1 aliphatic heterocycles. The third-order valence-electron chi connectivity index (χ3n) is 2.83. The first-order chi connectivity index (χ1) is 8.00. The van der Waals surface area contributed by atoms with Crippen LogP contribution in [0.5, 0.6) is 0 Å². The van der Waals surface area contributed by atoms with E-state index in [1.807, 2.05) is 0 Å². The van der Waals surface area contributed by atoms with Crippen molar-refractivity contribution < 1.29 is 17.9 Å². The molecule has 0 radical (unpaired) electrons. The Morgan fingerprint density at radius 3 is 2.71 bits per heavy atom. The largest absolute Gasteiger partial charge is 0.383 e.